The second kappa shape index (κ2) is 6.86. The van der Waals surface area contributed by atoms with Crippen LogP contribution in [0.15, 0.2) is 0 Å². The first-order valence-electron chi connectivity index (χ1n) is 6.26. The summed E-state index contributed by atoms with van der Waals surface area (Å²) in [6, 6.07) is 0.230. The van der Waals surface area contributed by atoms with E-state index in [1.54, 1.807) is 0 Å². The van der Waals surface area contributed by atoms with Gasteiger partial charge in [0.2, 0.25) is 0 Å². The van der Waals surface area contributed by atoms with Gasteiger partial charge in [0.15, 0.2) is 0 Å². The van der Waals surface area contributed by atoms with Gasteiger partial charge < -0.3 is 15.4 Å². The van der Waals surface area contributed by atoms with Crippen LogP contribution in [0.4, 0.5) is 0 Å². The first kappa shape index (κ1) is 13.5. The van der Waals surface area contributed by atoms with Gasteiger partial charge in [0, 0.05) is 19.1 Å². The van der Waals surface area contributed by atoms with Crippen LogP contribution in [0, 0.1) is 5.92 Å². The molecule has 0 aromatic rings. The lowest BCUT2D eigenvalue weighted by Gasteiger charge is -2.25. The standard InChI is InChI=1S/C12H24N2O2/c1-4-9(2)7-10(3)14-12(15)11-8-13-5-6-16-11/h9-11,13H,4-8H2,1-3H3,(H,14,15). The fourth-order valence-corrected chi connectivity index (χ4v) is 1.90. The minimum absolute atomic E-state index is 0.0167. The van der Waals surface area contributed by atoms with Crippen LogP contribution in [0.5, 0.6) is 0 Å². The Morgan fingerprint density at radius 3 is 2.88 bits per heavy atom. The molecule has 4 nitrogen and oxygen atoms in total. The Bertz CT molecular complexity index is 215. The molecule has 0 aromatic carbocycles. The molecule has 1 aliphatic heterocycles. The summed E-state index contributed by atoms with van der Waals surface area (Å²) in [5.41, 5.74) is 0. The van der Waals surface area contributed by atoms with E-state index in [4.69, 9.17) is 4.74 Å². The van der Waals surface area contributed by atoms with Gasteiger partial charge in [-0.25, -0.2) is 0 Å². The van der Waals surface area contributed by atoms with Gasteiger partial charge in [0.05, 0.1) is 6.61 Å². The molecule has 0 bridgehead atoms. The fourth-order valence-electron chi connectivity index (χ4n) is 1.90. The number of ether oxygens (including phenoxy) is 1. The van der Waals surface area contributed by atoms with Crippen LogP contribution >= 0.6 is 0 Å². The molecule has 1 rings (SSSR count). The molecule has 0 aliphatic carbocycles. The highest BCUT2D eigenvalue weighted by Crippen LogP contribution is 2.09. The zero-order chi connectivity index (χ0) is 12.0. The molecule has 0 saturated carbocycles. The van der Waals surface area contributed by atoms with Crippen molar-refractivity contribution < 1.29 is 9.53 Å². The quantitative estimate of drug-likeness (QED) is 0.735. The molecular weight excluding hydrogens is 204 g/mol. The Labute approximate surface area is 98.1 Å². The van der Waals surface area contributed by atoms with Gasteiger partial charge in [-0.05, 0) is 19.3 Å². The van der Waals surface area contributed by atoms with Crippen LogP contribution in [-0.2, 0) is 9.53 Å². The number of hydrogen-bond acceptors (Lipinski definition) is 3. The predicted molar refractivity (Wildman–Crippen MR) is 64.3 cm³/mol. The van der Waals surface area contributed by atoms with E-state index in [1.807, 2.05) is 0 Å². The molecule has 3 atom stereocenters. The van der Waals surface area contributed by atoms with Crippen molar-refractivity contribution in [3.8, 4) is 0 Å². The maximum absolute atomic E-state index is 11.8. The van der Waals surface area contributed by atoms with E-state index in [-0.39, 0.29) is 18.1 Å². The molecule has 1 amide bonds. The maximum Gasteiger partial charge on any atom is 0.250 e. The summed E-state index contributed by atoms with van der Waals surface area (Å²) in [6.45, 7) is 8.53. The number of nitrogens with one attached hydrogen (secondary N) is 2. The molecule has 1 saturated heterocycles. The van der Waals surface area contributed by atoms with Crippen LogP contribution in [-0.4, -0.2) is 37.7 Å². The molecule has 1 fully saturated rings. The largest absolute Gasteiger partial charge is 0.366 e. The topological polar surface area (TPSA) is 50.4 Å². The van der Waals surface area contributed by atoms with E-state index in [9.17, 15) is 4.79 Å². The first-order chi connectivity index (χ1) is 7.63. The average molecular weight is 228 g/mol. The number of carbonyl (C=O) groups excluding carboxylic acids is 1. The van der Waals surface area contributed by atoms with Crippen molar-refractivity contribution in [1.82, 2.24) is 10.6 Å². The summed E-state index contributed by atoms with van der Waals surface area (Å²) in [5, 5.41) is 6.17. The van der Waals surface area contributed by atoms with E-state index in [1.165, 1.54) is 0 Å². The number of hydrogen-bond donors (Lipinski definition) is 2. The van der Waals surface area contributed by atoms with Gasteiger partial charge >= 0.3 is 0 Å². The zero-order valence-corrected chi connectivity index (χ0v) is 10.6. The third-order valence-corrected chi connectivity index (χ3v) is 3.06. The molecule has 1 heterocycles. The molecule has 2 N–H and O–H groups in total. The molecule has 16 heavy (non-hydrogen) atoms. The zero-order valence-electron chi connectivity index (χ0n) is 10.6. The van der Waals surface area contributed by atoms with Crippen LogP contribution in [0.25, 0.3) is 0 Å². The number of rotatable bonds is 5. The fraction of sp³-hybridized carbons (Fsp3) is 0.917. The van der Waals surface area contributed by atoms with E-state index < -0.39 is 0 Å². The second-order valence-electron chi connectivity index (χ2n) is 4.72. The molecule has 0 radical (unpaired) electrons. The van der Waals surface area contributed by atoms with E-state index in [0.717, 1.165) is 19.4 Å². The van der Waals surface area contributed by atoms with Crippen molar-refractivity contribution in [2.24, 2.45) is 5.92 Å². The van der Waals surface area contributed by atoms with Crippen LogP contribution in [0.2, 0.25) is 0 Å². The van der Waals surface area contributed by atoms with Crippen molar-refractivity contribution >= 4 is 5.91 Å². The van der Waals surface area contributed by atoms with Crippen LogP contribution in [0.1, 0.15) is 33.6 Å². The summed E-state index contributed by atoms with van der Waals surface area (Å²) in [7, 11) is 0. The van der Waals surface area contributed by atoms with Gasteiger partial charge in [0.1, 0.15) is 6.10 Å². The van der Waals surface area contributed by atoms with Gasteiger partial charge in [-0.2, -0.15) is 0 Å². The van der Waals surface area contributed by atoms with Crippen molar-refractivity contribution in [3.05, 3.63) is 0 Å². The molecular formula is C12H24N2O2. The van der Waals surface area contributed by atoms with Gasteiger partial charge in [0.25, 0.3) is 5.91 Å². The summed E-state index contributed by atoms with van der Waals surface area (Å²) in [4.78, 5) is 11.8. The minimum Gasteiger partial charge on any atom is -0.366 e. The van der Waals surface area contributed by atoms with E-state index in [0.29, 0.717) is 19.1 Å². The highest BCUT2D eigenvalue weighted by atomic mass is 16.5. The minimum atomic E-state index is -0.312. The van der Waals surface area contributed by atoms with Crippen molar-refractivity contribution in [2.75, 3.05) is 19.7 Å². The molecule has 1 aliphatic rings. The Morgan fingerprint density at radius 1 is 1.56 bits per heavy atom. The Balaban J connectivity index is 2.26. The van der Waals surface area contributed by atoms with Gasteiger partial charge in [-0.15, -0.1) is 0 Å². The van der Waals surface area contributed by atoms with Gasteiger partial charge in [-0.3, -0.25) is 4.79 Å². The highest BCUT2D eigenvalue weighted by molar-refractivity contribution is 5.81. The first-order valence-corrected chi connectivity index (χ1v) is 6.26. The molecule has 4 heteroatoms. The second-order valence-corrected chi connectivity index (χ2v) is 4.72. The maximum atomic E-state index is 11.8. The monoisotopic (exact) mass is 228 g/mol. The van der Waals surface area contributed by atoms with Crippen LogP contribution in [0.3, 0.4) is 0 Å². The summed E-state index contributed by atoms with van der Waals surface area (Å²) >= 11 is 0. The molecule has 94 valence electrons. The molecule has 0 spiro atoms. The predicted octanol–water partition coefficient (Wildman–Crippen LogP) is 0.916. The summed E-state index contributed by atoms with van der Waals surface area (Å²) in [5.74, 6) is 0.670. The lowest BCUT2D eigenvalue weighted by molar-refractivity contribution is -0.134. The third kappa shape index (κ3) is 4.49. The molecule has 3 unspecified atom stereocenters. The summed E-state index contributed by atoms with van der Waals surface area (Å²) in [6.07, 6.45) is 1.87. The van der Waals surface area contributed by atoms with Crippen molar-refractivity contribution in [1.29, 1.82) is 0 Å². The SMILES string of the molecule is CCC(C)CC(C)NC(=O)C1CNCCO1. The molecule has 0 aromatic heterocycles. The lowest BCUT2D eigenvalue weighted by atomic mass is 10.0. The Hall–Kier alpha value is -0.610. The lowest BCUT2D eigenvalue weighted by Crippen LogP contribution is -2.49. The average Bonchev–Trinajstić information content (AvgIpc) is 2.29. The Morgan fingerprint density at radius 2 is 2.31 bits per heavy atom. The summed E-state index contributed by atoms with van der Waals surface area (Å²) < 4.78 is 5.40. The van der Waals surface area contributed by atoms with Crippen molar-refractivity contribution in [2.45, 2.75) is 45.8 Å². The Kier molecular flexibility index (Phi) is 5.77. The number of morpholine rings is 1. The highest BCUT2D eigenvalue weighted by Gasteiger charge is 2.22. The van der Waals surface area contributed by atoms with E-state index in [2.05, 4.69) is 31.4 Å². The number of amides is 1. The number of carbonyl (C=O) groups is 1. The normalized spacial score (nSPS) is 24.8. The van der Waals surface area contributed by atoms with Crippen LogP contribution < -0.4 is 10.6 Å². The van der Waals surface area contributed by atoms with Crippen molar-refractivity contribution in [3.63, 3.8) is 0 Å². The third-order valence-electron chi connectivity index (χ3n) is 3.06. The smallest absolute Gasteiger partial charge is 0.250 e. The van der Waals surface area contributed by atoms with E-state index >= 15 is 0 Å². The van der Waals surface area contributed by atoms with Gasteiger partial charge in [-0.1, -0.05) is 20.3 Å².